The maximum atomic E-state index is 2.71. The molecule has 3 heteroatoms. The Kier molecular flexibility index (Phi) is 7.48. The van der Waals surface area contributed by atoms with Crippen LogP contribution in [0.1, 0.15) is 46.5 Å². The second-order valence-corrected chi connectivity index (χ2v) is 7.32. The van der Waals surface area contributed by atoms with Gasteiger partial charge in [0.25, 0.3) is 0 Å². The van der Waals surface area contributed by atoms with E-state index >= 15 is 0 Å². The molecule has 0 aromatic rings. The SMILES string of the molecule is CCC(C)CCN1CCC(CN2CCN(CC)CC2)CC1. The van der Waals surface area contributed by atoms with Crippen LogP contribution < -0.4 is 0 Å². The van der Waals surface area contributed by atoms with Crippen LogP contribution in [0.4, 0.5) is 0 Å². The van der Waals surface area contributed by atoms with Crippen molar-refractivity contribution in [2.75, 3.05) is 58.9 Å². The van der Waals surface area contributed by atoms with Gasteiger partial charge in [-0.2, -0.15) is 0 Å². The maximum Gasteiger partial charge on any atom is 0.0110 e. The van der Waals surface area contributed by atoms with Crippen LogP contribution in [-0.4, -0.2) is 73.6 Å². The topological polar surface area (TPSA) is 9.72 Å². The van der Waals surface area contributed by atoms with E-state index in [1.807, 2.05) is 0 Å². The second-order valence-electron chi connectivity index (χ2n) is 7.32. The third-order valence-corrected chi connectivity index (χ3v) is 5.77. The van der Waals surface area contributed by atoms with Crippen molar-refractivity contribution in [1.29, 1.82) is 0 Å². The third kappa shape index (κ3) is 5.88. The van der Waals surface area contributed by atoms with Gasteiger partial charge in [0.05, 0.1) is 0 Å². The molecule has 1 atom stereocenters. The van der Waals surface area contributed by atoms with Gasteiger partial charge in [0.15, 0.2) is 0 Å². The largest absolute Gasteiger partial charge is 0.303 e. The minimum absolute atomic E-state index is 0.901. The van der Waals surface area contributed by atoms with E-state index in [1.54, 1.807) is 0 Å². The van der Waals surface area contributed by atoms with E-state index in [4.69, 9.17) is 0 Å². The Balaban J connectivity index is 1.59. The fourth-order valence-electron chi connectivity index (χ4n) is 3.65. The van der Waals surface area contributed by atoms with Crippen LogP contribution in [0.2, 0.25) is 0 Å². The fraction of sp³-hybridized carbons (Fsp3) is 1.00. The molecule has 2 fully saturated rings. The molecule has 2 aliphatic heterocycles. The summed E-state index contributed by atoms with van der Waals surface area (Å²) in [5.41, 5.74) is 0. The zero-order chi connectivity index (χ0) is 15.1. The summed E-state index contributed by atoms with van der Waals surface area (Å²) in [6.45, 7) is 18.7. The Morgan fingerprint density at radius 3 is 2.05 bits per heavy atom. The van der Waals surface area contributed by atoms with E-state index in [2.05, 4.69) is 35.5 Å². The number of likely N-dealkylation sites (tertiary alicyclic amines) is 1. The lowest BCUT2D eigenvalue weighted by molar-refractivity contribution is 0.0962. The summed E-state index contributed by atoms with van der Waals surface area (Å²) < 4.78 is 0. The van der Waals surface area contributed by atoms with E-state index in [9.17, 15) is 0 Å². The van der Waals surface area contributed by atoms with Crippen molar-refractivity contribution in [2.24, 2.45) is 11.8 Å². The molecule has 0 radical (unpaired) electrons. The Bertz CT molecular complexity index is 266. The standard InChI is InChI=1S/C18H37N3/c1-4-17(3)6-9-20-10-7-18(8-11-20)16-21-14-12-19(5-2)13-15-21/h17-18H,4-16H2,1-3H3. The molecule has 0 amide bonds. The van der Waals surface area contributed by atoms with Gasteiger partial charge in [-0.05, 0) is 57.3 Å². The van der Waals surface area contributed by atoms with Gasteiger partial charge in [0, 0.05) is 32.7 Å². The molecular weight excluding hydrogens is 258 g/mol. The van der Waals surface area contributed by atoms with Crippen LogP contribution in [0.15, 0.2) is 0 Å². The molecule has 0 aromatic carbocycles. The molecule has 0 spiro atoms. The van der Waals surface area contributed by atoms with Gasteiger partial charge >= 0.3 is 0 Å². The monoisotopic (exact) mass is 295 g/mol. The van der Waals surface area contributed by atoms with Crippen LogP contribution >= 0.6 is 0 Å². The minimum Gasteiger partial charge on any atom is -0.303 e. The summed E-state index contributed by atoms with van der Waals surface area (Å²) in [6, 6.07) is 0. The number of piperazine rings is 1. The average molecular weight is 296 g/mol. The molecule has 124 valence electrons. The third-order valence-electron chi connectivity index (χ3n) is 5.77. The Morgan fingerprint density at radius 2 is 1.48 bits per heavy atom. The van der Waals surface area contributed by atoms with Gasteiger partial charge in [-0.3, -0.25) is 0 Å². The first-order valence-electron chi connectivity index (χ1n) is 9.38. The molecular formula is C18H37N3. The smallest absolute Gasteiger partial charge is 0.0110 e. The van der Waals surface area contributed by atoms with Crippen LogP contribution in [-0.2, 0) is 0 Å². The molecule has 2 rings (SSSR count). The van der Waals surface area contributed by atoms with Gasteiger partial charge in [-0.15, -0.1) is 0 Å². The van der Waals surface area contributed by atoms with Crippen LogP contribution in [0.5, 0.6) is 0 Å². The molecule has 2 heterocycles. The molecule has 1 unspecified atom stereocenters. The first-order chi connectivity index (χ1) is 10.2. The number of hydrogen-bond donors (Lipinski definition) is 0. The van der Waals surface area contributed by atoms with Gasteiger partial charge in [0.1, 0.15) is 0 Å². The lowest BCUT2D eigenvalue weighted by Crippen LogP contribution is -2.48. The average Bonchev–Trinajstić information content (AvgIpc) is 2.54. The van der Waals surface area contributed by atoms with Crippen LogP contribution in [0, 0.1) is 11.8 Å². The highest BCUT2D eigenvalue weighted by molar-refractivity contribution is 4.78. The van der Waals surface area contributed by atoms with Crippen LogP contribution in [0.3, 0.4) is 0 Å². The van der Waals surface area contributed by atoms with Gasteiger partial charge in [-0.25, -0.2) is 0 Å². The van der Waals surface area contributed by atoms with Gasteiger partial charge < -0.3 is 14.7 Å². The van der Waals surface area contributed by atoms with Crippen molar-refractivity contribution in [2.45, 2.75) is 46.5 Å². The predicted molar refractivity (Wildman–Crippen MR) is 91.8 cm³/mol. The number of rotatable bonds is 7. The first-order valence-corrected chi connectivity index (χ1v) is 9.38. The zero-order valence-electron chi connectivity index (χ0n) is 14.7. The summed E-state index contributed by atoms with van der Waals surface area (Å²) in [5.74, 6) is 1.86. The van der Waals surface area contributed by atoms with Crippen molar-refractivity contribution >= 4 is 0 Å². The van der Waals surface area contributed by atoms with E-state index in [-0.39, 0.29) is 0 Å². The van der Waals surface area contributed by atoms with Crippen molar-refractivity contribution in [1.82, 2.24) is 14.7 Å². The van der Waals surface area contributed by atoms with E-state index in [1.165, 1.54) is 84.6 Å². The Morgan fingerprint density at radius 1 is 0.857 bits per heavy atom. The maximum absolute atomic E-state index is 2.71. The highest BCUT2D eigenvalue weighted by atomic mass is 15.3. The predicted octanol–water partition coefficient (Wildman–Crippen LogP) is 2.77. The summed E-state index contributed by atoms with van der Waals surface area (Å²) in [7, 11) is 0. The Labute approximate surface area is 132 Å². The minimum atomic E-state index is 0.901. The lowest BCUT2D eigenvalue weighted by atomic mass is 9.95. The summed E-state index contributed by atoms with van der Waals surface area (Å²) in [6.07, 6.45) is 5.57. The molecule has 21 heavy (non-hydrogen) atoms. The number of likely N-dealkylation sites (N-methyl/N-ethyl adjacent to an activating group) is 1. The number of hydrogen-bond acceptors (Lipinski definition) is 3. The molecule has 2 aliphatic rings. The molecule has 2 saturated heterocycles. The summed E-state index contributed by atoms with van der Waals surface area (Å²) in [5, 5.41) is 0. The highest BCUT2D eigenvalue weighted by Crippen LogP contribution is 2.20. The Hall–Kier alpha value is -0.120. The molecule has 0 N–H and O–H groups in total. The van der Waals surface area contributed by atoms with Gasteiger partial charge in [-0.1, -0.05) is 27.2 Å². The van der Waals surface area contributed by atoms with Crippen molar-refractivity contribution in [3.8, 4) is 0 Å². The van der Waals surface area contributed by atoms with Crippen LogP contribution in [0.25, 0.3) is 0 Å². The zero-order valence-corrected chi connectivity index (χ0v) is 14.7. The molecule has 0 aliphatic carbocycles. The van der Waals surface area contributed by atoms with E-state index in [0.717, 1.165) is 11.8 Å². The van der Waals surface area contributed by atoms with E-state index < -0.39 is 0 Å². The first kappa shape index (κ1) is 17.2. The summed E-state index contributed by atoms with van der Waals surface area (Å²) in [4.78, 5) is 8.00. The molecule has 0 saturated carbocycles. The van der Waals surface area contributed by atoms with Crippen molar-refractivity contribution in [3.05, 3.63) is 0 Å². The molecule has 0 bridgehead atoms. The normalized spacial score (nSPS) is 25.3. The highest BCUT2D eigenvalue weighted by Gasteiger charge is 2.23. The van der Waals surface area contributed by atoms with E-state index in [0.29, 0.717) is 0 Å². The number of piperidine rings is 1. The molecule has 0 aromatic heterocycles. The fourth-order valence-corrected chi connectivity index (χ4v) is 3.65. The quantitative estimate of drug-likeness (QED) is 0.715. The number of nitrogens with zero attached hydrogens (tertiary/aromatic N) is 3. The summed E-state index contributed by atoms with van der Waals surface area (Å²) >= 11 is 0. The second kappa shape index (κ2) is 9.12. The van der Waals surface area contributed by atoms with Crippen molar-refractivity contribution < 1.29 is 0 Å². The lowest BCUT2D eigenvalue weighted by Gasteiger charge is -2.38. The van der Waals surface area contributed by atoms with Crippen molar-refractivity contribution in [3.63, 3.8) is 0 Å². The molecule has 3 nitrogen and oxygen atoms in total. The van der Waals surface area contributed by atoms with Gasteiger partial charge in [0.2, 0.25) is 0 Å².